The predicted octanol–water partition coefficient (Wildman–Crippen LogP) is 1.52. The lowest BCUT2D eigenvalue weighted by molar-refractivity contribution is -0.137. The Bertz CT molecular complexity index is 1310. The highest BCUT2D eigenvalue weighted by Crippen LogP contribution is 2.27. The van der Waals surface area contributed by atoms with Gasteiger partial charge in [0.2, 0.25) is 11.4 Å². The second-order valence-electron chi connectivity index (χ2n) is 7.04. The number of carboxylic acid groups (broad SMARTS) is 1. The maximum atomic E-state index is 12.1. The molecule has 1 aliphatic rings. The van der Waals surface area contributed by atoms with Gasteiger partial charge in [-0.3, -0.25) is 9.20 Å². The summed E-state index contributed by atoms with van der Waals surface area (Å²) in [6.45, 7) is 0.434. The Balaban J connectivity index is 1.80. The number of hydrogen-bond donors (Lipinski definition) is 2. The van der Waals surface area contributed by atoms with E-state index in [1.807, 2.05) is 6.07 Å². The van der Waals surface area contributed by atoms with Crippen LogP contribution in [-0.2, 0) is 4.79 Å². The fraction of sp³-hybridized carbons (Fsp3) is 0.182. The Hall–Kier alpha value is -4.14. The molecule has 3 heterocycles. The predicted molar refractivity (Wildman–Crippen MR) is 106 cm³/mol. The van der Waals surface area contributed by atoms with Gasteiger partial charge >= 0.3 is 5.97 Å². The molecule has 1 unspecified atom stereocenters. The fourth-order valence-corrected chi connectivity index (χ4v) is 3.41. The first kappa shape index (κ1) is 19.2. The molecule has 3 aromatic rings. The van der Waals surface area contributed by atoms with Gasteiger partial charge in [-0.05, 0) is 24.3 Å². The van der Waals surface area contributed by atoms with Crippen molar-refractivity contribution >= 4 is 17.4 Å². The molecule has 8 nitrogen and oxygen atoms in total. The van der Waals surface area contributed by atoms with Crippen molar-refractivity contribution in [3.63, 3.8) is 0 Å². The van der Waals surface area contributed by atoms with Crippen LogP contribution in [0.1, 0.15) is 28.2 Å². The molecule has 8 heteroatoms. The summed E-state index contributed by atoms with van der Waals surface area (Å²) >= 11 is 0. The first-order valence-electron chi connectivity index (χ1n) is 9.09. The van der Waals surface area contributed by atoms with Crippen LogP contribution in [0.3, 0.4) is 0 Å². The molecule has 0 spiro atoms. The zero-order valence-corrected chi connectivity index (χ0v) is 16.0. The van der Waals surface area contributed by atoms with Gasteiger partial charge in [-0.25, -0.2) is 9.78 Å². The smallest absolute Gasteiger partial charge is 0.372 e. The van der Waals surface area contributed by atoms with Crippen LogP contribution in [0.4, 0.5) is 0 Å². The van der Waals surface area contributed by atoms with E-state index in [-0.39, 0.29) is 12.2 Å². The molecule has 2 aromatic heterocycles. The highest BCUT2D eigenvalue weighted by molar-refractivity contribution is 5.91. The van der Waals surface area contributed by atoms with Crippen molar-refractivity contribution in [3.05, 3.63) is 59.5 Å². The molecule has 0 aliphatic carbocycles. The summed E-state index contributed by atoms with van der Waals surface area (Å²) < 4.78 is 1.41. The number of likely N-dealkylation sites (tertiary alicyclic amines) is 1. The summed E-state index contributed by atoms with van der Waals surface area (Å²) in [5.41, 5.74) is 0.680. The number of benzene rings is 1. The second kappa shape index (κ2) is 7.03. The van der Waals surface area contributed by atoms with Crippen LogP contribution < -0.4 is 0 Å². The summed E-state index contributed by atoms with van der Waals surface area (Å²) in [7, 11) is 1.61. The second-order valence-corrected chi connectivity index (χ2v) is 7.04. The molecule has 1 aliphatic heterocycles. The summed E-state index contributed by atoms with van der Waals surface area (Å²) in [5.74, 6) is 3.71. The van der Waals surface area contributed by atoms with E-state index in [9.17, 15) is 25.1 Å². The van der Waals surface area contributed by atoms with Crippen molar-refractivity contribution in [1.29, 1.82) is 5.26 Å². The quantitative estimate of drug-likeness (QED) is 0.630. The van der Waals surface area contributed by atoms with E-state index in [1.165, 1.54) is 21.6 Å². The van der Waals surface area contributed by atoms with Crippen LogP contribution in [0.25, 0.3) is 16.8 Å². The lowest BCUT2D eigenvalue weighted by Crippen LogP contribution is -2.37. The number of pyridine rings is 1. The first-order valence-corrected chi connectivity index (χ1v) is 9.09. The topological polar surface area (TPSA) is 119 Å². The number of nitriles is 1. The molecule has 30 heavy (non-hydrogen) atoms. The van der Waals surface area contributed by atoms with E-state index in [1.54, 1.807) is 37.4 Å². The molecule has 2 N–H and O–H groups in total. The number of aromatic nitrogens is 2. The molecule has 1 saturated heterocycles. The summed E-state index contributed by atoms with van der Waals surface area (Å²) in [6, 6.07) is 12.0. The minimum absolute atomic E-state index is 0.171. The molecule has 1 amide bonds. The Labute approximate surface area is 171 Å². The van der Waals surface area contributed by atoms with E-state index in [4.69, 9.17) is 0 Å². The van der Waals surface area contributed by atoms with Crippen molar-refractivity contribution in [2.24, 2.45) is 0 Å². The Morgan fingerprint density at radius 1 is 1.27 bits per heavy atom. The standard InChI is InChI=1S/C22H16N4O4/c1-25-10-8-22(30,21(25)29)7-5-14-3-2-4-16(11-14)18-17-12-15(13-23)6-9-26(17)19(24-18)20(27)28/h2-4,6,9,11-12,30H,8,10H2,1H3,(H,27,28). The molecule has 0 saturated carbocycles. The number of carboxylic acids is 1. The van der Waals surface area contributed by atoms with Gasteiger partial charge in [-0.2, -0.15) is 5.26 Å². The van der Waals surface area contributed by atoms with Crippen molar-refractivity contribution in [2.45, 2.75) is 12.0 Å². The number of carbonyl (C=O) groups is 2. The number of rotatable bonds is 2. The molecule has 1 atom stereocenters. The largest absolute Gasteiger partial charge is 0.475 e. The number of hydrogen-bond acceptors (Lipinski definition) is 5. The Morgan fingerprint density at radius 3 is 2.73 bits per heavy atom. The van der Waals surface area contributed by atoms with Crippen molar-refractivity contribution in [1.82, 2.24) is 14.3 Å². The SMILES string of the molecule is CN1CCC(O)(C#Cc2cccc(-c3nc(C(=O)O)n4ccc(C#N)cc34)c2)C1=O. The van der Waals surface area contributed by atoms with Gasteiger partial charge in [-0.15, -0.1) is 0 Å². The molecule has 0 bridgehead atoms. The number of imidazole rings is 1. The van der Waals surface area contributed by atoms with Crippen LogP contribution in [0, 0.1) is 23.2 Å². The third-order valence-electron chi connectivity index (χ3n) is 5.02. The van der Waals surface area contributed by atoms with Gasteiger partial charge < -0.3 is 15.1 Å². The molecule has 4 rings (SSSR count). The molecule has 1 aromatic carbocycles. The fourth-order valence-electron chi connectivity index (χ4n) is 3.41. The summed E-state index contributed by atoms with van der Waals surface area (Å²) in [6.07, 6.45) is 1.73. The van der Waals surface area contributed by atoms with Gasteiger partial charge in [0.05, 0.1) is 22.8 Å². The lowest BCUT2D eigenvalue weighted by atomic mass is 10.0. The molecule has 1 fully saturated rings. The average Bonchev–Trinajstić information content (AvgIpc) is 3.26. The number of aliphatic hydroxyl groups is 1. The zero-order valence-electron chi connectivity index (χ0n) is 16.0. The van der Waals surface area contributed by atoms with Crippen molar-refractivity contribution in [3.8, 4) is 29.2 Å². The third-order valence-corrected chi connectivity index (χ3v) is 5.02. The average molecular weight is 400 g/mol. The summed E-state index contributed by atoms with van der Waals surface area (Å²) in [4.78, 5) is 29.4. The third kappa shape index (κ3) is 3.16. The molecular formula is C22H16N4O4. The minimum atomic E-state index is -1.70. The highest BCUT2D eigenvalue weighted by Gasteiger charge is 2.42. The number of amides is 1. The highest BCUT2D eigenvalue weighted by atomic mass is 16.4. The Kier molecular flexibility index (Phi) is 4.50. The lowest BCUT2D eigenvalue weighted by Gasteiger charge is -2.13. The number of carbonyl (C=O) groups excluding carboxylic acids is 1. The maximum absolute atomic E-state index is 12.1. The van der Waals surface area contributed by atoms with Gasteiger partial charge in [0, 0.05) is 37.3 Å². The maximum Gasteiger partial charge on any atom is 0.372 e. The van der Waals surface area contributed by atoms with Gasteiger partial charge in [-0.1, -0.05) is 24.0 Å². The molecule has 148 valence electrons. The van der Waals surface area contributed by atoms with Crippen molar-refractivity contribution < 1.29 is 19.8 Å². The van der Waals surface area contributed by atoms with Crippen LogP contribution >= 0.6 is 0 Å². The van der Waals surface area contributed by atoms with E-state index < -0.39 is 17.5 Å². The Morgan fingerprint density at radius 2 is 2.07 bits per heavy atom. The van der Waals surface area contributed by atoms with Crippen LogP contribution in [-0.4, -0.2) is 55.6 Å². The normalized spacial score (nSPS) is 18.2. The minimum Gasteiger partial charge on any atom is -0.475 e. The van der Waals surface area contributed by atoms with E-state index in [0.717, 1.165) is 0 Å². The number of aromatic carboxylic acids is 1. The molecular weight excluding hydrogens is 384 g/mol. The first-order chi connectivity index (χ1) is 14.3. The number of fused-ring (bicyclic) bond motifs is 1. The van der Waals surface area contributed by atoms with E-state index in [0.29, 0.717) is 34.4 Å². The summed E-state index contributed by atoms with van der Waals surface area (Å²) in [5, 5.41) is 29.1. The van der Waals surface area contributed by atoms with Gasteiger partial charge in [0.1, 0.15) is 0 Å². The monoisotopic (exact) mass is 400 g/mol. The zero-order chi connectivity index (χ0) is 21.5. The van der Waals surface area contributed by atoms with Crippen molar-refractivity contribution in [2.75, 3.05) is 13.6 Å². The van der Waals surface area contributed by atoms with Crippen LogP contribution in [0.5, 0.6) is 0 Å². The van der Waals surface area contributed by atoms with Gasteiger partial charge in [0.15, 0.2) is 0 Å². The van der Waals surface area contributed by atoms with Crippen LogP contribution in [0.15, 0.2) is 42.6 Å². The molecule has 0 radical (unpaired) electrons. The number of nitrogens with zero attached hydrogens (tertiary/aromatic N) is 4. The van der Waals surface area contributed by atoms with E-state index in [2.05, 4.69) is 16.8 Å². The van der Waals surface area contributed by atoms with E-state index >= 15 is 0 Å². The van der Waals surface area contributed by atoms with Gasteiger partial charge in [0.25, 0.3) is 5.91 Å². The number of likely N-dealkylation sites (N-methyl/N-ethyl adjacent to an activating group) is 1. The van der Waals surface area contributed by atoms with Crippen LogP contribution in [0.2, 0.25) is 0 Å².